The normalized spacial score (nSPS) is 15.5. The van der Waals surface area contributed by atoms with Crippen LogP contribution in [0.3, 0.4) is 0 Å². The maximum absolute atomic E-state index is 12.2. The van der Waals surface area contributed by atoms with E-state index in [0.717, 1.165) is 6.42 Å². The highest BCUT2D eigenvalue weighted by atomic mass is 16.4. The molecule has 0 radical (unpaired) electrons. The molecule has 1 amide bonds. The van der Waals surface area contributed by atoms with Gasteiger partial charge in [0, 0.05) is 13.0 Å². The third-order valence-corrected chi connectivity index (χ3v) is 4.67. The molecule has 3 N–H and O–H groups in total. The Hall–Kier alpha value is -2.90. The first-order chi connectivity index (χ1) is 11.9. The van der Waals surface area contributed by atoms with E-state index < -0.39 is 22.8 Å². The van der Waals surface area contributed by atoms with E-state index in [1.165, 1.54) is 4.57 Å². The topological polar surface area (TPSA) is 121 Å². The molecule has 0 saturated heterocycles. The summed E-state index contributed by atoms with van der Waals surface area (Å²) >= 11 is 0. The number of hydrogen-bond donors (Lipinski definition) is 3. The number of hydrogen-bond acceptors (Lipinski definition) is 4. The lowest BCUT2D eigenvalue weighted by Gasteiger charge is -2.41. The lowest BCUT2D eigenvalue weighted by atomic mass is 9.74. The molecule has 1 fully saturated rings. The van der Waals surface area contributed by atoms with Crippen LogP contribution in [0.1, 0.15) is 32.1 Å². The molecule has 0 atom stereocenters. The number of benzene rings is 1. The van der Waals surface area contributed by atoms with Gasteiger partial charge in [-0.2, -0.15) is 0 Å². The Labute approximate surface area is 142 Å². The number of nitrogens with zero attached hydrogens (tertiary/aromatic N) is 1. The minimum absolute atomic E-state index is 0.0251. The first-order valence-electron chi connectivity index (χ1n) is 8.15. The van der Waals surface area contributed by atoms with E-state index >= 15 is 0 Å². The van der Waals surface area contributed by atoms with Crippen molar-refractivity contribution in [1.29, 1.82) is 0 Å². The predicted octanol–water partition coefficient (Wildman–Crippen LogP) is 0.593. The molecule has 8 heteroatoms. The number of carboxylic acid groups (broad SMARTS) is 1. The van der Waals surface area contributed by atoms with Crippen molar-refractivity contribution in [3.63, 3.8) is 0 Å². The van der Waals surface area contributed by atoms with Crippen LogP contribution in [-0.4, -0.2) is 32.1 Å². The summed E-state index contributed by atoms with van der Waals surface area (Å²) in [6, 6.07) is 6.68. The summed E-state index contributed by atoms with van der Waals surface area (Å²) in [5, 5.41) is 12.2. The molecule has 1 aliphatic carbocycles. The molecule has 0 unspecified atom stereocenters. The lowest BCUT2D eigenvalue weighted by Crippen LogP contribution is -2.54. The summed E-state index contributed by atoms with van der Waals surface area (Å²) < 4.78 is 1.35. The molecule has 1 saturated carbocycles. The van der Waals surface area contributed by atoms with Crippen LogP contribution in [0, 0.1) is 0 Å². The Balaban J connectivity index is 1.75. The third kappa shape index (κ3) is 3.47. The average molecular weight is 345 g/mol. The van der Waals surface area contributed by atoms with Crippen molar-refractivity contribution in [2.24, 2.45) is 0 Å². The number of aromatic amines is 1. The van der Waals surface area contributed by atoms with Crippen molar-refractivity contribution in [1.82, 2.24) is 14.9 Å². The number of carboxylic acids is 1. The number of nitrogens with one attached hydrogen (secondary N) is 2. The van der Waals surface area contributed by atoms with Crippen molar-refractivity contribution in [2.45, 2.75) is 44.2 Å². The Bertz CT molecular complexity index is 939. The highest BCUT2D eigenvalue weighted by Crippen LogP contribution is 2.34. The molecule has 0 bridgehead atoms. The monoisotopic (exact) mass is 345 g/mol. The van der Waals surface area contributed by atoms with Crippen LogP contribution in [0.15, 0.2) is 33.9 Å². The molecule has 132 valence electrons. The molecule has 0 aliphatic heterocycles. The second-order valence-electron chi connectivity index (χ2n) is 6.43. The Morgan fingerprint density at radius 1 is 1.24 bits per heavy atom. The van der Waals surface area contributed by atoms with E-state index in [-0.39, 0.29) is 25.3 Å². The zero-order chi connectivity index (χ0) is 18.0. The van der Waals surface area contributed by atoms with Crippen molar-refractivity contribution < 1.29 is 14.7 Å². The molecular weight excluding hydrogens is 326 g/mol. The number of aromatic nitrogens is 2. The number of amides is 1. The van der Waals surface area contributed by atoms with E-state index in [1.807, 2.05) is 0 Å². The molecule has 3 rings (SSSR count). The first kappa shape index (κ1) is 16.9. The maximum atomic E-state index is 12.2. The van der Waals surface area contributed by atoms with E-state index in [0.29, 0.717) is 23.7 Å². The number of para-hydroxylation sites is 1. The van der Waals surface area contributed by atoms with Gasteiger partial charge in [-0.15, -0.1) is 0 Å². The highest BCUT2D eigenvalue weighted by Gasteiger charge is 2.40. The third-order valence-electron chi connectivity index (χ3n) is 4.67. The summed E-state index contributed by atoms with van der Waals surface area (Å²) in [6.45, 7) is 0.102. The maximum Gasteiger partial charge on any atom is 0.328 e. The van der Waals surface area contributed by atoms with E-state index in [9.17, 15) is 19.2 Å². The fraction of sp³-hybridized carbons (Fsp3) is 0.412. The van der Waals surface area contributed by atoms with Gasteiger partial charge < -0.3 is 10.4 Å². The Morgan fingerprint density at radius 3 is 2.60 bits per heavy atom. The molecule has 25 heavy (non-hydrogen) atoms. The number of aliphatic carboxylic acids is 1. The molecule has 1 aliphatic rings. The van der Waals surface area contributed by atoms with Gasteiger partial charge in [-0.3, -0.25) is 23.9 Å². The second kappa shape index (κ2) is 6.54. The van der Waals surface area contributed by atoms with Crippen molar-refractivity contribution in [2.75, 3.05) is 0 Å². The van der Waals surface area contributed by atoms with Crippen molar-refractivity contribution in [3.8, 4) is 0 Å². The van der Waals surface area contributed by atoms with Crippen LogP contribution >= 0.6 is 0 Å². The van der Waals surface area contributed by atoms with Crippen LogP contribution in [0.2, 0.25) is 0 Å². The minimum Gasteiger partial charge on any atom is -0.481 e. The zero-order valence-electron chi connectivity index (χ0n) is 13.6. The Kier molecular flexibility index (Phi) is 4.43. The van der Waals surface area contributed by atoms with Gasteiger partial charge in [0.15, 0.2) is 0 Å². The fourth-order valence-corrected chi connectivity index (χ4v) is 3.27. The largest absolute Gasteiger partial charge is 0.481 e. The number of aryl methyl sites for hydroxylation is 1. The summed E-state index contributed by atoms with van der Waals surface area (Å²) in [5.74, 6) is -1.24. The van der Waals surface area contributed by atoms with Crippen LogP contribution in [-0.2, 0) is 16.1 Å². The fourth-order valence-electron chi connectivity index (χ4n) is 3.27. The summed E-state index contributed by atoms with van der Waals surface area (Å²) in [5.41, 5.74) is -1.23. The van der Waals surface area contributed by atoms with Gasteiger partial charge in [0.05, 0.1) is 22.9 Å². The number of H-pyrrole nitrogens is 1. The smallest absolute Gasteiger partial charge is 0.328 e. The summed E-state index contributed by atoms with van der Waals surface area (Å²) in [6.07, 6.45) is 2.11. The minimum atomic E-state index is -0.942. The van der Waals surface area contributed by atoms with Gasteiger partial charge in [0.25, 0.3) is 5.56 Å². The van der Waals surface area contributed by atoms with Gasteiger partial charge in [0.2, 0.25) is 5.91 Å². The van der Waals surface area contributed by atoms with Gasteiger partial charge in [-0.1, -0.05) is 12.1 Å². The van der Waals surface area contributed by atoms with Crippen LogP contribution in [0.5, 0.6) is 0 Å². The van der Waals surface area contributed by atoms with E-state index in [4.69, 9.17) is 5.11 Å². The molecule has 1 aromatic heterocycles. The second-order valence-corrected chi connectivity index (χ2v) is 6.43. The van der Waals surface area contributed by atoms with Gasteiger partial charge in [-0.25, -0.2) is 4.79 Å². The van der Waals surface area contributed by atoms with Gasteiger partial charge in [-0.05, 0) is 31.4 Å². The van der Waals surface area contributed by atoms with Crippen molar-refractivity contribution in [3.05, 3.63) is 45.1 Å². The number of rotatable bonds is 6. The molecule has 2 aromatic rings. The number of carbonyl (C=O) groups is 2. The van der Waals surface area contributed by atoms with E-state index in [1.54, 1.807) is 24.3 Å². The number of carbonyl (C=O) groups excluding carboxylic acids is 1. The highest BCUT2D eigenvalue weighted by molar-refractivity contribution is 5.80. The number of fused-ring (bicyclic) bond motifs is 1. The quantitative estimate of drug-likeness (QED) is 0.707. The molecular formula is C17H19N3O5. The summed E-state index contributed by atoms with van der Waals surface area (Å²) in [4.78, 5) is 49.3. The van der Waals surface area contributed by atoms with Crippen LogP contribution in [0.25, 0.3) is 10.9 Å². The first-order valence-corrected chi connectivity index (χ1v) is 8.15. The Morgan fingerprint density at radius 2 is 1.96 bits per heavy atom. The standard InChI is InChI=1S/C17H19N3O5/c21-13(19-17(7-3-8-17)10-14(22)23)6-9-20-12-5-2-1-4-11(12)15(24)18-16(20)25/h1-2,4-5H,3,6-10H2,(H,19,21)(H,22,23)(H,18,24,25). The van der Waals surface area contributed by atoms with Crippen LogP contribution < -0.4 is 16.6 Å². The SMILES string of the molecule is O=C(O)CC1(NC(=O)CCn2c(=O)[nH]c(=O)c3ccccc32)CCC1. The average Bonchev–Trinajstić information content (AvgIpc) is 2.52. The molecule has 1 heterocycles. The van der Waals surface area contributed by atoms with Gasteiger partial charge >= 0.3 is 11.7 Å². The van der Waals surface area contributed by atoms with Crippen LogP contribution in [0.4, 0.5) is 0 Å². The lowest BCUT2D eigenvalue weighted by molar-refractivity contribution is -0.140. The van der Waals surface area contributed by atoms with Gasteiger partial charge in [0.1, 0.15) is 0 Å². The van der Waals surface area contributed by atoms with E-state index in [2.05, 4.69) is 10.3 Å². The predicted molar refractivity (Wildman–Crippen MR) is 90.4 cm³/mol. The molecule has 1 aromatic carbocycles. The molecule has 8 nitrogen and oxygen atoms in total. The zero-order valence-corrected chi connectivity index (χ0v) is 13.6. The summed E-state index contributed by atoms with van der Waals surface area (Å²) in [7, 11) is 0. The molecule has 0 spiro atoms. The van der Waals surface area contributed by atoms with Crippen molar-refractivity contribution >= 4 is 22.8 Å².